The van der Waals surface area contributed by atoms with Gasteiger partial charge in [0, 0.05) is 0 Å². The molecule has 0 aromatic rings. The van der Waals surface area contributed by atoms with Gasteiger partial charge in [-0.25, -0.2) is 0 Å². The van der Waals surface area contributed by atoms with E-state index in [4.69, 9.17) is 4.74 Å². The molecule has 0 amide bonds. The molecule has 1 fully saturated rings. The van der Waals surface area contributed by atoms with Gasteiger partial charge in [-0.3, -0.25) is 4.79 Å². The Morgan fingerprint density at radius 2 is 2.29 bits per heavy atom. The summed E-state index contributed by atoms with van der Waals surface area (Å²) in [6.07, 6.45) is 2.78. The van der Waals surface area contributed by atoms with Crippen LogP contribution in [0.2, 0.25) is 0 Å². The second-order valence-electron chi connectivity index (χ2n) is 4.16. The largest absolute Gasteiger partial charge is 0.468 e. The first-order chi connectivity index (χ1) is 6.60. The molecule has 0 spiro atoms. The zero-order valence-corrected chi connectivity index (χ0v) is 9.30. The van der Waals surface area contributed by atoms with E-state index in [1.54, 1.807) is 0 Å². The molecule has 4 nitrogen and oxygen atoms in total. The lowest BCUT2D eigenvalue weighted by molar-refractivity contribution is -0.148. The molecular weight excluding hydrogens is 180 g/mol. The summed E-state index contributed by atoms with van der Waals surface area (Å²) in [6, 6.07) is 0. The van der Waals surface area contributed by atoms with E-state index in [2.05, 4.69) is 10.2 Å². The predicted molar refractivity (Wildman–Crippen MR) is 55.2 cm³/mol. The number of nitrogens with one attached hydrogen (secondary N) is 1. The molecule has 1 rings (SSSR count). The summed E-state index contributed by atoms with van der Waals surface area (Å²) in [4.78, 5) is 13.7. The van der Waals surface area contributed by atoms with Crippen LogP contribution in [0, 0.1) is 0 Å². The number of ether oxygens (including phenoxy) is 1. The van der Waals surface area contributed by atoms with E-state index in [1.807, 2.05) is 14.1 Å². The first-order valence-electron chi connectivity index (χ1n) is 5.09. The van der Waals surface area contributed by atoms with Crippen molar-refractivity contribution in [2.24, 2.45) is 0 Å². The maximum Gasteiger partial charge on any atom is 0.326 e. The second kappa shape index (κ2) is 4.75. The number of carbonyl (C=O) groups excluding carboxylic acids is 1. The lowest BCUT2D eigenvalue weighted by atomic mass is 9.93. The fourth-order valence-corrected chi connectivity index (χ4v) is 1.91. The number of esters is 1. The Hall–Kier alpha value is -0.610. The lowest BCUT2D eigenvalue weighted by Gasteiger charge is -2.27. The first kappa shape index (κ1) is 11.5. The van der Waals surface area contributed by atoms with Gasteiger partial charge in [-0.1, -0.05) is 0 Å². The highest BCUT2D eigenvalue weighted by atomic mass is 16.5. The van der Waals surface area contributed by atoms with E-state index < -0.39 is 5.54 Å². The van der Waals surface area contributed by atoms with Crippen molar-refractivity contribution in [1.82, 2.24) is 10.2 Å². The maximum absolute atomic E-state index is 11.6. The molecule has 0 saturated carbocycles. The molecule has 1 N–H and O–H groups in total. The van der Waals surface area contributed by atoms with Crippen molar-refractivity contribution in [3.05, 3.63) is 0 Å². The normalized spacial score (nSPS) is 26.9. The van der Waals surface area contributed by atoms with Crippen molar-refractivity contribution >= 4 is 5.97 Å². The monoisotopic (exact) mass is 200 g/mol. The third-order valence-corrected chi connectivity index (χ3v) is 2.81. The number of nitrogens with zero attached hydrogens (tertiary/aromatic N) is 1. The van der Waals surface area contributed by atoms with Crippen LogP contribution in [0.15, 0.2) is 0 Å². The number of rotatable bonds is 4. The van der Waals surface area contributed by atoms with Gasteiger partial charge in [0.1, 0.15) is 5.54 Å². The second-order valence-corrected chi connectivity index (χ2v) is 4.16. The lowest BCUT2D eigenvalue weighted by Crippen LogP contribution is -2.49. The quantitative estimate of drug-likeness (QED) is 0.660. The van der Waals surface area contributed by atoms with Gasteiger partial charge in [0.05, 0.1) is 7.11 Å². The number of hydrogen-bond donors (Lipinski definition) is 1. The third-order valence-electron chi connectivity index (χ3n) is 2.81. The van der Waals surface area contributed by atoms with Crippen molar-refractivity contribution in [3.63, 3.8) is 0 Å². The van der Waals surface area contributed by atoms with Gasteiger partial charge in [0.15, 0.2) is 0 Å². The van der Waals surface area contributed by atoms with Crippen molar-refractivity contribution < 1.29 is 9.53 Å². The van der Waals surface area contributed by atoms with Gasteiger partial charge in [0.2, 0.25) is 0 Å². The maximum atomic E-state index is 11.6. The summed E-state index contributed by atoms with van der Waals surface area (Å²) >= 11 is 0. The van der Waals surface area contributed by atoms with Gasteiger partial charge in [-0.2, -0.15) is 0 Å². The Morgan fingerprint density at radius 1 is 1.57 bits per heavy atom. The first-order valence-corrected chi connectivity index (χ1v) is 5.09. The summed E-state index contributed by atoms with van der Waals surface area (Å²) in [5, 5.41) is 3.27. The van der Waals surface area contributed by atoms with E-state index in [0.29, 0.717) is 0 Å². The fourth-order valence-electron chi connectivity index (χ4n) is 1.91. The van der Waals surface area contributed by atoms with Crippen LogP contribution in [-0.2, 0) is 9.53 Å². The summed E-state index contributed by atoms with van der Waals surface area (Å²) in [7, 11) is 5.49. The molecule has 1 aliphatic rings. The number of methoxy groups -OCH3 is 1. The molecule has 14 heavy (non-hydrogen) atoms. The summed E-state index contributed by atoms with van der Waals surface area (Å²) < 4.78 is 4.85. The van der Waals surface area contributed by atoms with Crippen molar-refractivity contribution in [1.29, 1.82) is 0 Å². The number of carbonyl (C=O) groups is 1. The Bertz CT molecular complexity index is 198. The zero-order valence-electron chi connectivity index (χ0n) is 9.30. The van der Waals surface area contributed by atoms with E-state index in [-0.39, 0.29) is 5.97 Å². The summed E-state index contributed by atoms with van der Waals surface area (Å²) in [5.74, 6) is -0.114. The summed E-state index contributed by atoms with van der Waals surface area (Å²) in [6.45, 7) is 1.82. The average Bonchev–Trinajstić information content (AvgIpc) is 2.63. The Labute approximate surface area is 85.6 Å². The smallest absolute Gasteiger partial charge is 0.326 e. The zero-order chi connectivity index (χ0) is 10.6. The fraction of sp³-hybridized carbons (Fsp3) is 0.900. The Balaban J connectivity index is 2.57. The van der Waals surface area contributed by atoms with E-state index in [0.717, 1.165) is 32.4 Å². The highest BCUT2D eigenvalue weighted by Crippen LogP contribution is 2.24. The molecular formula is C10H20N2O2. The van der Waals surface area contributed by atoms with Crippen LogP contribution in [0.25, 0.3) is 0 Å². The minimum absolute atomic E-state index is 0.114. The van der Waals surface area contributed by atoms with E-state index in [9.17, 15) is 4.79 Å². The highest BCUT2D eigenvalue weighted by Gasteiger charge is 2.41. The molecule has 4 heteroatoms. The van der Waals surface area contributed by atoms with Crippen LogP contribution in [0.3, 0.4) is 0 Å². The molecule has 0 radical (unpaired) electrons. The van der Waals surface area contributed by atoms with Gasteiger partial charge in [0.25, 0.3) is 0 Å². The Morgan fingerprint density at radius 3 is 2.71 bits per heavy atom. The average molecular weight is 200 g/mol. The van der Waals surface area contributed by atoms with Crippen LogP contribution < -0.4 is 5.32 Å². The molecule has 0 aliphatic carbocycles. The number of hydrogen-bond acceptors (Lipinski definition) is 4. The molecule has 0 aromatic carbocycles. The van der Waals surface area contributed by atoms with Crippen LogP contribution in [0.5, 0.6) is 0 Å². The standard InChI is InChI=1S/C10H20N2O2/c1-12(2)8-6-10(9(13)14-3)5-4-7-11-10/h11H,4-8H2,1-3H3. The molecule has 82 valence electrons. The molecule has 1 saturated heterocycles. The topological polar surface area (TPSA) is 41.6 Å². The van der Waals surface area contributed by atoms with Crippen LogP contribution >= 0.6 is 0 Å². The Kier molecular flexibility index (Phi) is 3.89. The molecule has 1 aliphatic heterocycles. The summed E-state index contributed by atoms with van der Waals surface area (Å²) in [5.41, 5.74) is -0.418. The minimum atomic E-state index is -0.418. The van der Waals surface area contributed by atoms with Gasteiger partial charge in [-0.15, -0.1) is 0 Å². The van der Waals surface area contributed by atoms with Gasteiger partial charge >= 0.3 is 5.97 Å². The van der Waals surface area contributed by atoms with E-state index >= 15 is 0 Å². The minimum Gasteiger partial charge on any atom is -0.468 e. The van der Waals surface area contributed by atoms with Crippen molar-refractivity contribution in [2.75, 3.05) is 34.3 Å². The molecule has 0 aromatic heterocycles. The van der Waals surface area contributed by atoms with Crippen molar-refractivity contribution in [3.8, 4) is 0 Å². The third kappa shape index (κ3) is 2.45. The van der Waals surface area contributed by atoms with Crippen LogP contribution in [0.1, 0.15) is 19.3 Å². The molecule has 1 atom stereocenters. The molecule has 1 heterocycles. The SMILES string of the molecule is COC(=O)C1(CCN(C)C)CCCN1. The van der Waals surface area contributed by atoms with E-state index in [1.165, 1.54) is 7.11 Å². The highest BCUT2D eigenvalue weighted by molar-refractivity contribution is 5.81. The molecule has 0 bridgehead atoms. The van der Waals surface area contributed by atoms with Gasteiger partial charge < -0.3 is 15.0 Å². The van der Waals surface area contributed by atoms with Crippen LogP contribution in [0.4, 0.5) is 0 Å². The van der Waals surface area contributed by atoms with Crippen molar-refractivity contribution in [2.45, 2.75) is 24.8 Å². The van der Waals surface area contributed by atoms with Crippen LogP contribution in [-0.4, -0.2) is 50.7 Å². The van der Waals surface area contributed by atoms with Gasteiger partial charge in [-0.05, 0) is 46.4 Å². The molecule has 1 unspecified atom stereocenters. The predicted octanol–water partition coefficient (Wildman–Crippen LogP) is 0.233.